The molecule has 0 radical (unpaired) electrons. The van der Waals surface area contributed by atoms with Gasteiger partial charge in [-0.3, -0.25) is 4.79 Å². The topological polar surface area (TPSA) is 107 Å². The molecule has 20 heavy (non-hydrogen) atoms. The molecule has 0 amide bonds. The molecule has 1 aromatic carbocycles. The molecular weight excluding hydrogens is 304 g/mol. The molecule has 1 aromatic rings. The fourth-order valence-electron chi connectivity index (χ4n) is 1.58. The highest BCUT2D eigenvalue weighted by atomic mass is 35.5. The second-order valence-corrected chi connectivity index (χ2v) is 6.28. The van der Waals surface area contributed by atoms with Crippen molar-refractivity contribution in [3.8, 4) is 6.07 Å². The van der Waals surface area contributed by atoms with Gasteiger partial charge in [0.25, 0.3) is 0 Å². The minimum absolute atomic E-state index is 0.0562. The van der Waals surface area contributed by atoms with E-state index in [1.807, 2.05) is 4.72 Å². The van der Waals surface area contributed by atoms with Gasteiger partial charge in [-0.05, 0) is 18.1 Å². The van der Waals surface area contributed by atoms with Crippen LogP contribution in [0.1, 0.15) is 24.9 Å². The summed E-state index contributed by atoms with van der Waals surface area (Å²) in [5, 5.41) is 16.8. The quantitative estimate of drug-likeness (QED) is 0.830. The molecular formula is C12H13ClN2O4S. The summed E-state index contributed by atoms with van der Waals surface area (Å²) in [6.45, 7) is 1.53. The summed E-state index contributed by atoms with van der Waals surface area (Å²) in [5.41, 5.74) is 0.123. The number of sulfonamides is 1. The molecule has 1 unspecified atom stereocenters. The normalized spacial score (nSPS) is 14.2. The largest absolute Gasteiger partial charge is 0.480 e. The van der Waals surface area contributed by atoms with Crippen LogP contribution in [0.4, 0.5) is 0 Å². The molecule has 0 spiro atoms. The van der Waals surface area contributed by atoms with Crippen molar-refractivity contribution in [3.05, 3.63) is 34.9 Å². The van der Waals surface area contributed by atoms with Crippen LogP contribution in [0.15, 0.2) is 24.3 Å². The summed E-state index contributed by atoms with van der Waals surface area (Å²) >= 11 is 5.88. The SMILES string of the molecule is CCC(C#N)S(=O)(=O)N[C@@H](C(=O)O)c1ccccc1Cl. The molecule has 2 N–H and O–H groups in total. The molecule has 0 aromatic heterocycles. The molecule has 0 fully saturated rings. The van der Waals surface area contributed by atoms with Crippen molar-refractivity contribution >= 4 is 27.6 Å². The van der Waals surface area contributed by atoms with E-state index in [1.54, 1.807) is 18.2 Å². The number of nitrogens with one attached hydrogen (secondary N) is 1. The predicted molar refractivity (Wildman–Crippen MR) is 73.6 cm³/mol. The number of nitrogens with zero attached hydrogens (tertiary/aromatic N) is 1. The number of benzene rings is 1. The van der Waals surface area contributed by atoms with Crippen LogP contribution in [0.3, 0.4) is 0 Å². The van der Waals surface area contributed by atoms with E-state index in [9.17, 15) is 18.3 Å². The summed E-state index contributed by atoms with van der Waals surface area (Å²) in [6.07, 6.45) is 0.0562. The van der Waals surface area contributed by atoms with E-state index < -0.39 is 27.3 Å². The lowest BCUT2D eigenvalue weighted by Crippen LogP contribution is -2.39. The van der Waals surface area contributed by atoms with Gasteiger partial charge in [-0.15, -0.1) is 0 Å². The Balaban J connectivity index is 3.17. The lowest BCUT2D eigenvalue weighted by Gasteiger charge is -2.18. The number of carbonyl (C=O) groups is 1. The summed E-state index contributed by atoms with van der Waals surface area (Å²) in [6, 6.07) is 6.12. The molecule has 108 valence electrons. The number of hydrogen-bond acceptors (Lipinski definition) is 4. The summed E-state index contributed by atoms with van der Waals surface area (Å²) in [5.74, 6) is -1.39. The number of hydrogen-bond donors (Lipinski definition) is 2. The molecule has 6 nitrogen and oxygen atoms in total. The minimum Gasteiger partial charge on any atom is -0.480 e. The van der Waals surface area contributed by atoms with Gasteiger partial charge in [-0.1, -0.05) is 36.7 Å². The van der Waals surface area contributed by atoms with Crippen LogP contribution in [0.2, 0.25) is 5.02 Å². The third kappa shape index (κ3) is 3.70. The van der Waals surface area contributed by atoms with Crippen molar-refractivity contribution < 1.29 is 18.3 Å². The van der Waals surface area contributed by atoms with E-state index in [2.05, 4.69) is 0 Å². The predicted octanol–water partition coefficient (Wildman–Crippen LogP) is 1.69. The van der Waals surface area contributed by atoms with Crippen molar-refractivity contribution in [2.45, 2.75) is 24.6 Å². The van der Waals surface area contributed by atoms with Crippen LogP contribution in [0, 0.1) is 11.3 Å². The minimum atomic E-state index is -4.08. The Bertz CT molecular complexity index is 639. The maximum absolute atomic E-state index is 12.0. The van der Waals surface area contributed by atoms with Gasteiger partial charge in [0, 0.05) is 5.02 Å². The number of carboxylic acid groups (broad SMARTS) is 1. The molecule has 2 atom stereocenters. The zero-order valence-electron chi connectivity index (χ0n) is 10.6. The van der Waals surface area contributed by atoms with Crippen molar-refractivity contribution in [2.75, 3.05) is 0 Å². The van der Waals surface area contributed by atoms with Gasteiger partial charge in [-0.25, -0.2) is 8.42 Å². The van der Waals surface area contributed by atoms with Crippen molar-refractivity contribution in [1.82, 2.24) is 4.72 Å². The first-order chi connectivity index (χ1) is 9.33. The molecule has 0 aliphatic carbocycles. The van der Waals surface area contributed by atoms with E-state index in [-0.39, 0.29) is 17.0 Å². The highest BCUT2D eigenvalue weighted by Gasteiger charge is 2.31. The van der Waals surface area contributed by atoms with E-state index in [4.69, 9.17) is 16.9 Å². The standard InChI is InChI=1S/C12H13ClN2O4S/c1-2-8(7-14)20(18,19)15-11(12(16)17)9-5-3-4-6-10(9)13/h3-6,8,11,15H,2H2,1H3,(H,16,17)/t8?,11-/m1/s1. The molecule has 0 saturated heterocycles. The number of halogens is 1. The van der Waals surface area contributed by atoms with Crippen molar-refractivity contribution in [2.24, 2.45) is 0 Å². The molecule has 0 aliphatic heterocycles. The van der Waals surface area contributed by atoms with Gasteiger partial charge >= 0.3 is 5.97 Å². The van der Waals surface area contributed by atoms with Crippen LogP contribution in [0.25, 0.3) is 0 Å². The maximum Gasteiger partial charge on any atom is 0.326 e. The number of nitriles is 1. The van der Waals surface area contributed by atoms with Gasteiger partial charge in [0.05, 0.1) is 6.07 Å². The van der Waals surface area contributed by atoms with Gasteiger partial charge in [-0.2, -0.15) is 9.98 Å². The fourth-order valence-corrected chi connectivity index (χ4v) is 3.13. The zero-order chi connectivity index (χ0) is 15.3. The first-order valence-corrected chi connectivity index (χ1v) is 7.64. The Hall–Kier alpha value is -1.62. The molecule has 0 aliphatic rings. The Morgan fingerprint density at radius 3 is 2.55 bits per heavy atom. The van der Waals surface area contributed by atoms with E-state index >= 15 is 0 Å². The lowest BCUT2D eigenvalue weighted by molar-refractivity contribution is -0.139. The molecule has 0 saturated carbocycles. The second-order valence-electron chi connectivity index (χ2n) is 3.98. The summed E-state index contributed by atoms with van der Waals surface area (Å²) in [4.78, 5) is 11.3. The van der Waals surface area contributed by atoms with Crippen LogP contribution < -0.4 is 4.72 Å². The second kappa shape index (κ2) is 6.70. The Morgan fingerprint density at radius 2 is 2.10 bits per heavy atom. The van der Waals surface area contributed by atoms with Gasteiger partial charge < -0.3 is 5.11 Å². The number of carboxylic acids is 1. The summed E-state index contributed by atoms with van der Waals surface area (Å²) < 4.78 is 25.9. The zero-order valence-corrected chi connectivity index (χ0v) is 12.1. The average molecular weight is 317 g/mol. The molecule has 1 rings (SSSR count). The van der Waals surface area contributed by atoms with Gasteiger partial charge in [0.1, 0.15) is 6.04 Å². The van der Waals surface area contributed by atoms with Gasteiger partial charge in [0.2, 0.25) is 10.0 Å². The highest BCUT2D eigenvalue weighted by molar-refractivity contribution is 7.90. The maximum atomic E-state index is 12.0. The smallest absolute Gasteiger partial charge is 0.326 e. The first kappa shape index (κ1) is 16.4. The average Bonchev–Trinajstić information content (AvgIpc) is 2.38. The van der Waals surface area contributed by atoms with Crippen LogP contribution in [-0.2, 0) is 14.8 Å². The molecule has 8 heteroatoms. The Kier molecular flexibility index (Phi) is 5.51. The lowest BCUT2D eigenvalue weighted by atomic mass is 10.1. The van der Waals surface area contributed by atoms with Crippen LogP contribution >= 0.6 is 11.6 Å². The third-order valence-corrected chi connectivity index (χ3v) is 4.73. The van der Waals surface area contributed by atoms with Crippen LogP contribution in [-0.4, -0.2) is 24.7 Å². The van der Waals surface area contributed by atoms with E-state index in [0.29, 0.717) is 0 Å². The number of rotatable bonds is 6. The van der Waals surface area contributed by atoms with Crippen molar-refractivity contribution in [1.29, 1.82) is 5.26 Å². The highest BCUT2D eigenvalue weighted by Crippen LogP contribution is 2.24. The Labute approximate surface area is 122 Å². The monoisotopic (exact) mass is 316 g/mol. The van der Waals surface area contributed by atoms with Crippen LogP contribution in [0.5, 0.6) is 0 Å². The molecule has 0 bridgehead atoms. The van der Waals surface area contributed by atoms with E-state index in [0.717, 1.165) is 0 Å². The fraction of sp³-hybridized carbons (Fsp3) is 0.333. The third-order valence-electron chi connectivity index (χ3n) is 2.63. The van der Waals surface area contributed by atoms with Crippen molar-refractivity contribution in [3.63, 3.8) is 0 Å². The Morgan fingerprint density at radius 1 is 1.50 bits per heavy atom. The van der Waals surface area contributed by atoms with E-state index in [1.165, 1.54) is 19.1 Å². The van der Waals surface area contributed by atoms with Gasteiger partial charge in [0.15, 0.2) is 5.25 Å². The first-order valence-electron chi connectivity index (χ1n) is 5.71. The number of aliphatic carboxylic acids is 1. The summed E-state index contributed by atoms with van der Waals surface area (Å²) in [7, 11) is -4.08. The molecule has 0 heterocycles.